The highest BCUT2D eigenvalue weighted by Gasteiger charge is 2.29. The number of hydrogen-bond acceptors (Lipinski definition) is 3. The molecule has 0 aliphatic carbocycles. The van der Waals surface area contributed by atoms with Crippen LogP contribution in [-0.2, 0) is 15.7 Å². The van der Waals surface area contributed by atoms with Crippen LogP contribution < -0.4 is 10.6 Å². The van der Waals surface area contributed by atoms with Gasteiger partial charge < -0.3 is 15.4 Å². The number of urea groups is 1. The quantitative estimate of drug-likeness (QED) is 0.275. The van der Waals surface area contributed by atoms with Crippen LogP contribution in [0.2, 0.25) is 0 Å². The lowest BCUT2D eigenvalue weighted by Crippen LogP contribution is -2.29. The predicted molar refractivity (Wildman–Crippen MR) is 92.8 cm³/mol. The number of amides is 2. The Labute approximate surface area is 154 Å². The highest BCUT2D eigenvalue weighted by atomic mass is 19.4. The second-order valence-electron chi connectivity index (χ2n) is 5.58. The lowest BCUT2D eigenvalue weighted by Gasteiger charge is -2.09. The number of benzene rings is 1. The van der Waals surface area contributed by atoms with Gasteiger partial charge in [0.05, 0.1) is 12.2 Å². The molecule has 27 heavy (non-hydrogen) atoms. The third-order valence-corrected chi connectivity index (χ3v) is 3.43. The molecule has 0 fully saturated rings. The molecular formula is C18H22F4N2O3. The van der Waals surface area contributed by atoms with Crippen LogP contribution in [0.25, 0.3) is 0 Å². The van der Waals surface area contributed by atoms with Gasteiger partial charge in [0.1, 0.15) is 0 Å². The van der Waals surface area contributed by atoms with Crippen LogP contribution in [0.3, 0.4) is 0 Å². The van der Waals surface area contributed by atoms with Gasteiger partial charge in [0.2, 0.25) is 5.83 Å². The normalized spacial score (nSPS) is 11.8. The maximum absolute atomic E-state index is 13.2. The van der Waals surface area contributed by atoms with Crippen LogP contribution >= 0.6 is 0 Å². The summed E-state index contributed by atoms with van der Waals surface area (Å²) in [6.45, 7) is 2.06. The first-order chi connectivity index (χ1) is 12.7. The van der Waals surface area contributed by atoms with E-state index in [1.54, 1.807) is 6.92 Å². The monoisotopic (exact) mass is 390 g/mol. The van der Waals surface area contributed by atoms with Crippen LogP contribution in [0.5, 0.6) is 0 Å². The molecule has 0 aliphatic heterocycles. The van der Waals surface area contributed by atoms with E-state index >= 15 is 0 Å². The van der Waals surface area contributed by atoms with Gasteiger partial charge in [-0.3, -0.25) is 0 Å². The summed E-state index contributed by atoms with van der Waals surface area (Å²) >= 11 is 0. The van der Waals surface area contributed by atoms with Crippen LogP contribution in [-0.4, -0.2) is 25.2 Å². The summed E-state index contributed by atoms with van der Waals surface area (Å²) in [5, 5.41) is 5.01. The van der Waals surface area contributed by atoms with Crippen LogP contribution in [0.15, 0.2) is 36.2 Å². The minimum absolute atomic E-state index is 0.111. The first kappa shape index (κ1) is 22.5. The maximum atomic E-state index is 13.2. The summed E-state index contributed by atoms with van der Waals surface area (Å²) in [5.74, 6) is -1.88. The third kappa shape index (κ3) is 9.07. The van der Waals surface area contributed by atoms with Crippen molar-refractivity contribution < 1.29 is 31.9 Å². The number of halogens is 4. The highest BCUT2D eigenvalue weighted by Crippen LogP contribution is 2.29. The maximum Gasteiger partial charge on any atom is 0.416 e. The summed E-state index contributed by atoms with van der Waals surface area (Å²) < 4.78 is 55.1. The highest BCUT2D eigenvalue weighted by molar-refractivity contribution is 5.89. The predicted octanol–water partition coefficient (Wildman–Crippen LogP) is 4.80. The Balaban J connectivity index is 2.19. The number of ether oxygens (including phenoxy) is 1. The lowest BCUT2D eigenvalue weighted by molar-refractivity contribution is -0.140. The van der Waals surface area contributed by atoms with Crippen molar-refractivity contribution in [2.45, 2.75) is 38.8 Å². The van der Waals surface area contributed by atoms with E-state index in [1.165, 1.54) is 18.2 Å². The first-order valence-corrected chi connectivity index (χ1v) is 8.49. The van der Waals surface area contributed by atoms with E-state index in [-0.39, 0.29) is 12.3 Å². The zero-order valence-electron chi connectivity index (χ0n) is 14.9. The summed E-state index contributed by atoms with van der Waals surface area (Å²) in [5.41, 5.74) is -0.540. The molecule has 0 heterocycles. The number of hydrogen-bond donors (Lipinski definition) is 2. The zero-order chi connectivity index (χ0) is 20.3. The Hall–Kier alpha value is -2.58. The molecule has 0 atom stereocenters. The lowest BCUT2D eigenvalue weighted by atomic mass is 10.2. The molecule has 150 valence electrons. The van der Waals surface area contributed by atoms with Crippen molar-refractivity contribution in [3.63, 3.8) is 0 Å². The Morgan fingerprint density at radius 3 is 2.37 bits per heavy atom. The van der Waals surface area contributed by atoms with Crippen molar-refractivity contribution in [1.82, 2.24) is 5.32 Å². The topological polar surface area (TPSA) is 67.4 Å². The standard InChI is InChI=1S/C18H22F4N2O3/c1-2-27-16(25)15(19)7-5-3-4-6-12-23-17(26)24-14-10-8-13(9-11-14)18(20,21)22/h7-11H,2-6,12H2,1H3,(H2,23,24,26). The molecule has 1 aromatic rings. The van der Waals surface area contributed by atoms with Crippen LogP contribution in [0.1, 0.15) is 38.2 Å². The number of nitrogens with one attached hydrogen (secondary N) is 2. The van der Waals surface area contributed by atoms with Gasteiger partial charge >= 0.3 is 18.2 Å². The van der Waals surface area contributed by atoms with Gasteiger partial charge in [-0.25, -0.2) is 9.59 Å². The average Bonchev–Trinajstić information content (AvgIpc) is 2.60. The molecule has 5 nitrogen and oxygen atoms in total. The Kier molecular flexibility index (Phi) is 9.32. The Morgan fingerprint density at radius 1 is 1.11 bits per heavy atom. The molecule has 0 bridgehead atoms. The van der Waals surface area contributed by atoms with E-state index in [0.29, 0.717) is 32.2 Å². The molecule has 0 saturated carbocycles. The molecule has 1 aromatic carbocycles. The zero-order valence-corrected chi connectivity index (χ0v) is 14.9. The number of unbranched alkanes of at least 4 members (excludes halogenated alkanes) is 3. The number of rotatable bonds is 9. The summed E-state index contributed by atoms with van der Waals surface area (Å²) in [6, 6.07) is 3.60. The molecule has 0 saturated heterocycles. The Bertz CT molecular complexity index is 643. The molecule has 0 aliphatic rings. The van der Waals surface area contributed by atoms with E-state index in [9.17, 15) is 27.2 Å². The molecule has 0 spiro atoms. The summed E-state index contributed by atoms with van der Waals surface area (Å²) in [7, 11) is 0. The fraction of sp³-hybridized carbons (Fsp3) is 0.444. The summed E-state index contributed by atoms with van der Waals surface area (Å²) in [6.07, 6.45) is -0.905. The molecule has 0 unspecified atom stereocenters. The van der Waals surface area contributed by atoms with Crippen LogP contribution in [0.4, 0.5) is 28.0 Å². The average molecular weight is 390 g/mol. The van der Waals surface area contributed by atoms with Crippen molar-refractivity contribution in [1.29, 1.82) is 0 Å². The van der Waals surface area contributed by atoms with Gasteiger partial charge in [-0.1, -0.05) is 6.42 Å². The van der Waals surface area contributed by atoms with Crippen molar-refractivity contribution in [2.75, 3.05) is 18.5 Å². The molecule has 2 amide bonds. The number of anilines is 1. The van der Waals surface area contributed by atoms with E-state index in [1.807, 2.05) is 0 Å². The number of carbonyl (C=O) groups excluding carboxylic acids is 2. The van der Waals surface area contributed by atoms with Crippen LogP contribution in [0, 0.1) is 0 Å². The smallest absolute Gasteiger partial charge is 0.416 e. The Morgan fingerprint density at radius 2 is 1.78 bits per heavy atom. The van der Waals surface area contributed by atoms with E-state index in [2.05, 4.69) is 15.4 Å². The van der Waals surface area contributed by atoms with Gasteiger partial charge in [-0.05, 0) is 56.5 Å². The minimum Gasteiger partial charge on any atom is -0.461 e. The SMILES string of the molecule is CCOC(=O)C(F)=CCCCCCNC(=O)Nc1ccc(C(F)(F)F)cc1. The van der Waals surface area contributed by atoms with Crippen molar-refractivity contribution >= 4 is 17.7 Å². The molecule has 0 radical (unpaired) electrons. The van der Waals surface area contributed by atoms with Gasteiger partial charge in [0.25, 0.3) is 0 Å². The molecular weight excluding hydrogens is 368 g/mol. The van der Waals surface area contributed by atoms with E-state index < -0.39 is 29.6 Å². The molecule has 2 N–H and O–H groups in total. The second kappa shape index (κ2) is 11.2. The molecule has 9 heteroatoms. The van der Waals surface area contributed by atoms with Gasteiger partial charge in [0.15, 0.2) is 0 Å². The number of esters is 1. The molecule has 1 rings (SSSR count). The fourth-order valence-corrected chi connectivity index (χ4v) is 2.08. The minimum atomic E-state index is -4.42. The number of carbonyl (C=O) groups is 2. The van der Waals surface area contributed by atoms with Gasteiger partial charge in [0, 0.05) is 12.2 Å². The van der Waals surface area contributed by atoms with Gasteiger partial charge in [-0.2, -0.15) is 17.6 Å². The second-order valence-corrected chi connectivity index (χ2v) is 5.58. The van der Waals surface area contributed by atoms with Crippen molar-refractivity contribution in [3.05, 3.63) is 41.7 Å². The largest absolute Gasteiger partial charge is 0.461 e. The number of alkyl halides is 3. The fourth-order valence-electron chi connectivity index (χ4n) is 2.08. The van der Waals surface area contributed by atoms with Crippen molar-refractivity contribution in [3.8, 4) is 0 Å². The van der Waals surface area contributed by atoms with E-state index in [4.69, 9.17) is 0 Å². The van der Waals surface area contributed by atoms with Crippen molar-refractivity contribution in [2.24, 2.45) is 0 Å². The third-order valence-electron chi connectivity index (χ3n) is 3.43. The number of allylic oxidation sites excluding steroid dienone is 1. The molecule has 0 aromatic heterocycles. The van der Waals surface area contributed by atoms with Gasteiger partial charge in [-0.15, -0.1) is 0 Å². The van der Waals surface area contributed by atoms with E-state index in [0.717, 1.165) is 12.1 Å². The first-order valence-electron chi connectivity index (χ1n) is 8.49. The summed E-state index contributed by atoms with van der Waals surface area (Å²) in [4.78, 5) is 22.7.